The first-order chi connectivity index (χ1) is 15.0. The van der Waals surface area contributed by atoms with Gasteiger partial charge in [-0.25, -0.2) is 9.37 Å². The van der Waals surface area contributed by atoms with Crippen molar-refractivity contribution in [1.29, 1.82) is 0 Å². The maximum absolute atomic E-state index is 14.8. The summed E-state index contributed by atoms with van der Waals surface area (Å²) >= 11 is 1.77. The third-order valence-corrected chi connectivity index (χ3v) is 5.85. The summed E-state index contributed by atoms with van der Waals surface area (Å²) < 4.78 is 14.8. The van der Waals surface area contributed by atoms with Crippen LogP contribution in [0.15, 0.2) is 60.7 Å². The van der Waals surface area contributed by atoms with E-state index in [0.29, 0.717) is 5.56 Å². The van der Waals surface area contributed by atoms with Crippen LogP contribution in [-0.4, -0.2) is 21.2 Å². The first kappa shape index (κ1) is 21.3. The minimum atomic E-state index is -0.240. The molecule has 0 atom stereocenters. The fourth-order valence-corrected chi connectivity index (χ4v) is 4.11. The molecule has 0 spiro atoms. The van der Waals surface area contributed by atoms with Crippen molar-refractivity contribution in [2.24, 2.45) is 0 Å². The third kappa shape index (κ3) is 4.57. The van der Waals surface area contributed by atoms with Crippen molar-refractivity contribution in [1.82, 2.24) is 15.0 Å². The monoisotopic (exact) mass is 431 g/mol. The second-order valence-corrected chi connectivity index (χ2v) is 8.86. The highest BCUT2D eigenvalue weighted by atomic mass is 32.2. The maximum Gasteiger partial charge on any atom is 0.131 e. The van der Waals surface area contributed by atoms with E-state index < -0.39 is 0 Å². The lowest BCUT2D eigenvalue weighted by Crippen LogP contribution is -1.91. The molecule has 0 saturated heterocycles. The Labute approximate surface area is 187 Å². The summed E-state index contributed by atoms with van der Waals surface area (Å²) in [5, 5.41) is 0. The maximum atomic E-state index is 14.8. The molecule has 1 N–H and O–H groups in total. The molecule has 2 aromatic heterocycles. The zero-order valence-electron chi connectivity index (χ0n) is 18.2. The van der Waals surface area contributed by atoms with Crippen molar-refractivity contribution in [3.05, 3.63) is 83.6 Å². The quantitative estimate of drug-likeness (QED) is 0.350. The lowest BCUT2D eigenvalue weighted by molar-refractivity contribution is 0.631. The van der Waals surface area contributed by atoms with E-state index in [1.807, 2.05) is 43.3 Å². The minimum absolute atomic E-state index is 0.237. The largest absolute Gasteiger partial charge is 0.340 e. The molecule has 0 aliphatic rings. The van der Waals surface area contributed by atoms with Crippen molar-refractivity contribution in [2.75, 3.05) is 6.26 Å². The van der Waals surface area contributed by atoms with Gasteiger partial charge in [0.15, 0.2) is 0 Å². The van der Waals surface area contributed by atoms with Gasteiger partial charge >= 0.3 is 0 Å². The van der Waals surface area contributed by atoms with Crippen molar-refractivity contribution >= 4 is 11.8 Å². The van der Waals surface area contributed by atoms with Crippen LogP contribution in [0.3, 0.4) is 0 Å². The van der Waals surface area contributed by atoms with E-state index in [2.05, 4.69) is 42.2 Å². The van der Waals surface area contributed by atoms with Crippen LogP contribution in [0.5, 0.6) is 0 Å². The smallest absolute Gasteiger partial charge is 0.131 e. The number of hydrogen-bond donors (Lipinski definition) is 1. The topological polar surface area (TPSA) is 41.6 Å². The predicted octanol–water partition coefficient (Wildman–Crippen LogP) is 7.24. The molecule has 0 aliphatic heterocycles. The number of pyridine rings is 1. The molecule has 5 heteroatoms. The standard InChI is InChI=1S/C26H26FN3S/c1-16(2)26-29-24(25(30-26)23-7-5-6-17(3)28-23)20-12-13-22(27)21(14-20)19-10-8-18(9-11-19)15-31-4/h5-14,16H,15H2,1-4H3,(H,29,30). The summed E-state index contributed by atoms with van der Waals surface area (Å²) in [5.74, 6) is 1.83. The van der Waals surface area contributed by atoms with Gasteiger partial charge in [0.05, 0.1) is 17.1 Å². The molecule has 2 heterocycles. The predicted molar refractivity (Wildman–Crippen MR) is 129 cm³/mol. The molecule has 0 unspecified atom stereocenters. The number of nitrogens with one attached hydrogen (secondary N) is 1. The number of aromatic nitrogens is 3. The summed E-state index contributed by atoms with van der Waals surface area (Å²) in [6, 6.07) is 19.2. The first-order valence-electron chi connectivity index (χ1n) is 10.4. The summed E-state index contributed by atoms with van der Waals surface area (Å²) in [4.78, 5) is 13.0. The van der Waals surface area contributed by atoms with Crippen LogP contribution in [0.1, 0.15) is 36.8 Å². The Bertz CT molecular complexity index is 1200. The molecule has 158 valence electrons. The summed E-state index contributed by atoms with van der Waals surface area (Å²) in [6.45, 7) is 6.17. The van der Waals surface area contributed by atoms with E-state index in [1.165, 1.54) is 11.6 Å². The van der Waals surface area contributed by atoms with E-state index in [0.717, 1.165) is 45.5 Å². The molecule has 0 fully saturated rings. The Morgan fingerprint density at radius 3 is 2.39 bits per heavy atom. The lowest BCUT2D eigenvalue weighted by atomic mass is 9.99. The zero-order valence-corrected chi connectivity index (χ0v) is 19.1. The van der Waals surface area contributed by atoms with E-state index in [1.54, 1.807) is 17.8 Å². The third-order valence-electron chi connectivity index (χ3n) is 5.23. The van der Waals surface area contributed by atoms with Gasteiger partial charge in [-0.05, 0) is 54.6 Å². The first-order valence-corrected chi connectivity index (χ1v) is 11.8. The number of thioether (sulfide) groups is 1. The van der Waals surface area contributed by atoms with Crippen molar-refractivity contribution in [2.45, 2.75) is 32.4 Å². The summed E-state index contributed by atoms with van der Waals surface area (Å²) in [7, 11) is 0. The van der Waals surface area contributed by atoms with Crippen molar-refractivity contribution < 1.29 is 4.39 Å². The van der Waals surface area contributed by atoms with E-state index in [-0.39, 0.29) is 11.7 Å². The van der Waals surface area contributed by atoms with Crippen molar-refractivity contribution in [3.63, 3.8) is 0 Å². The average Bonchev–Trinajstić information content (AvgIpc) is 3.21. The van der Waals surface area contributed by atoms with Gasteiger partial charge in [0.1, 0.15) is 11.6 Å². The second kappa shape index (κ2) is 9.06. The molecule has 0 radical (unpaired) electrons. The molecule has 0 saturated carbocycles. The normalized spacial score (nSPS) is 11.3. The van der Waals surface area contributed by atoms with Crippen LogP contribution in [0.25, 0.3) is 33.8 Å². The summed E-state index contributed by atoms with van der Waals surface area (Å²) in [5.41, 5.74) is 6.96. The lowest BCUT2D eigenvalue weighted by Gasteiger charge is -2.09. The number of aryl methyl sites for hydroxylation is 1. The number of nitrogens with zero attached hydrogens (tertiary/aromatic N) is 2. The molecular weight excluding hydrogens is 405 g/mol. The molecule has 4 rings (SSSR count). The Kier molecular flexibility index (Phi) is 6.23. The average molecular weight is 432 g/mol. The molecule has 3 nitrogen and oxygen atoms in total. The number of imidazole rings is 1. The number of halogens is 1. The van der Waals surface area contributed by atoms with Crippen LogP contribution in [0.4, 0.5) is 4.39 Å². The van der Waals surface area contributed by atoms with Gasteiger partial charge in [0.2, 0.25) is 0 Å². The molecule has 4 aromatic rings. The van der Waals surface area contributed by atoms with E-state index in [4.69, 9.17) is 4.98 Å². The van der Waals surface area contributed by atoms with Crippen molar-refractivity contribution in [3.8, 4) is 33.8 Å². The minimum Gasteiger partial charge on any atom is -0.340 e. The number of aromatic amines is 1. The van der Waals surface area contributed by atoms with Gasteiger partial charge in [-0.1, -0.05) is 44.2 Å². The van der Waals surface area contributed by atoms with Crippen LogP contribution in [0, 0.1) is 12.7 Å². The highest BCUT2D eigenvalue weighted by Crippen LogP contribution is 2.34. The Morgan fingerprint density at radius 1 is 0.968 bits per heavy atom. The number of H-pyrrole nitrogens is 1. The van der Waals surface area contributed by atoms with Gasteiger partial charge in [0.25, 0.3) is 0 Å². The molecule has 0 bridgehead atoms. The summed E-state index contributed by atoms with van der Waals surface area (Å²) in [6.07, 6.45) is 2.08. The van der Waals surface area contributed by atoms with Crippen LogP contribution in [0.2, 0.25) is 0 Å². The highest BCUT2D eigenvalue weighted by molar-refractivity contribution is 7.97. The molecule has 0 aliphatic carbocycles. The fraction of sp³-hybridized carbons (Fsp3) is 0.231. The second-order valence-electron chi connectivity index (χ2n) is 7.99. The van der Waals surface area contributed by atoms with Crippen LogP contribution in [-0.2, 0) is 5.75 Å². The van der Waals surface area contributed by atoms with E-state index in [9.17, 15) is 4.39 Å². The molecule has 2 aromatic carbocycles. The Hall–Kier alpha value is -2.92. The SMILES string of the molecule is CSCc1ccc(-c2cc(-c3nc(C(C)C)[nH]c3-c3cccc(C)n3)ccc2F)cc1. The fourth-order valence-electron chi connectivity index (χ4n) is 3.58. The van der Waals surface area contributed by atoms with Gasteiger partial charge < -0.3 is 4.98 Å². The Balaban J connectivity index is 1.82. The molecule has 0 amide bonds. The number of rotatable bonds is 6. The van der Waals surface area contributed by atoms with Gasteiger partial charge in [-0.2, -0.15) is 11.8 Å². The van der Waals surface area contributed by atoms with Gasteiger partial charge in [-0.3, -0.25) is 4.98 Å². The van der Waals surface area contributed by atoms with Gasteiger partial charge in [0, 0.05) is 28.5 Å². The van der Waals surface area contributed by atoms with Crippen LogP contribution >= 0.6 is 11.8 Å². The highest BCUT2D eigenvalue weighted by Gasteiger charge is 2.18. The number of hydrogen-bond acceptors (Lipinski definition) is 3. The molecular formula is C26H26FN3S. The van der Waals surface area contributed by atoms with Gasteiger partial charge in [-0.15, -0.1) is 0 Å². The zero-order chi connectivity index (χ0) is 22.0. The Morgan fingerprint density at radius 2 is 1.71 bits per heavy atom. The molecule has 31 heavy (non-hydrogen) atoms. The van der Waals surface area contributed by atoms with Crippen LogP contribution < -0.4 is 0 Å². The van der Waals surface area contributed by atoms with E-state index >= 15 is 0 Å². The number of benzene rings is 2.